The normalized spacial score (nSPS) is 9.65. The predicted octanol–water partition coefficient (Wildman–Crippen LogP) is 0.861. The molecule has 0 aliphatic heterocycles. The zero-order valence-corrected chi connectivity index (χ0v) is 11.0. The minimum absolute atomic E-state index is 0.0663. The highest BCUT2D eigenvalue weighted by atomic mass is 16.5. The molecule has 0 atom stereocenters. The molecule has 0 aliphatic carbocycles. The summed E-state index contributed by atoms with van der Waals surface area (Å²) in [6.45, 7) is 2.32. The third kappa shape index (κ3) is 4.60. The Balaban J connectivity index is 2.48. The molecule has 7 nitrogen and oxygen atoms in total. The van der Waals surface area contributed by atoms with Crippen LogP contribution in [0.4, 0.5) is 4.79 Å². The molecule has 0 unspecified atom stereocenters. The van der Waals surface area contributed by atoms with Gasteiger partial charge in [-0.25, -0.2) is 9.59 Å². The number of nitrogens with one attached hydrogen (secondary N) is 2. The van der Waals surface area contributed by atoms with Crippen LogP contribution in [-0.4, -0.2) is 42.8 Å². The molecule has 3 N–H and O–H groups in total. The van der Waals surface area contributed by atoms with Crippen LogP contribution in [0.2, 0.25) is 0 Å². The lowest BCUT2D eigenvalue weighted by atomic mass is 10.1. The molecule has 20 heavy (non-hydrogen) atoms. The van der Waals surface area contributed by atoms with E-state index in [0.717, 1.165) is 0 Å². The van der Waals surface area contributed by atoms with Crippen LogP contribution in [0.3, 0.4) is 0 Å². The van der Waals surface area contributed by atoms with Gasteiger partial charge in [0.25, 0.3) is 5.91 Å². The molecule has 2 amide bonds. The molecule has 0 saturated heterocycles. The van der Waals surface area contributed by atoms with Gasteiger partial charge in [0.2, 0.25) is 0 Å². The van der Waals surface area contributed by atoms with Crippen molar-refractivity contribution in [2.45, 2.75) is 6.92 Å². The summed E-state index contributed by atoms with van der Waals surface area (Å²) < 4.78 is 4.64. The number of aromatic carboxylic acids is 1. The van der Waals surface area contributed by atoms with Gasteiger partial charge >= 0.3 is 12.1 Å². The number of rotatable bonds is 6. The summed E-state index contributed by atoms with van der Waals surface area (Å²) in [6, 6.07) is 5.91. The average Bonchev–Trinajstić information content (AvgIpc) is 2.43. The highest BCUT2D eigenvalue weighted by Crippen LogP contribution is 2.08. The maximum Gasteiger partial charge on any atom is 0.407 e. The van der Waals surface area contributed by atoms with E-state index >= 15 is 0 Å². The van der Waals surface area contributed by atoms with Gasteiger partial charge in [0, 0.05) is 13.1 Å². The largest absolute Gasteiger partial charge is 0.478 e. The van der Waals surface area contributed by atoms with E-state index in [1.165, 1.54) is 12.1 Å². The molecular formula is C13H16N2O5. The molecule has 0 spiro atoms. The molecule has 1 rings (SSSR count). The highest BCUT2D eigenvalue weighted by Gasteiger charge is 2.15. The second kappa shape index (κ2) is 7.78. The van der Waals surface area contributed by atoms with Gasteiger partial charge in [-0.1, -0.05) is 12.1 Å². The number of carboxylic acid groups (broad SMARTS) is 1. The molecule has 108 valence electrons. The van der Waals surface area contributed by atoms with E-state index in [-0.39, 0.29) is 30.8 Å². The SMILES string of the molecule is CCOC(=O)NCCNC(=O)c1ccccc1C(=O)O. The predicted molar refractivity (Wildman–Crippen MR) is 70.8 cm³/mol. The summed E-state index contributed by atoms with van der Waals surface area (Å²) in [7, 11) is 0. The minimum Gasteiger partial charge on any atom is -0.478 e. The van der Waals surface area contributed by atoms with Crippen molar-refractivity contribution in [1.29, 1.82) is 0 Å². The van der Waals surface area contributed by atoms with Crippen LogP contribution < -0.4 is 10.6 Å². The van der Waals surface area contributed by atoms with E-state index < -0.39 is 18.0 Å². The van der Waals surface area contributed by atoms with Crippen molar-refractivity contribution in [3.63, 3.8) is 0 Å². The second-order valence-corrected chi connectivity index (χ2v) is 3.75. The quantitative estimate of drug-likeness (QED) is 0.670. The zero-order valence-electron chi connectivity index (χ0n) is 11.0. The summed E-state index contributed by atoms with van der Waals surface area (Å²) in [5.74, 6) is -1.67. The first-order valence-corrected chi connectivity index (χ1v) is 6.07. The molecule has 0 fully saturated rings. The van der Waals surface area contributed by atoms with Crippen LogP contribution in [0.1, 0.15) is 27.6 Å². The van der Waals surface area contributed by atoms with Crippen LogP contribution in [0, 0.1) is 0 Å². The topological polar surface area (TPSA) is 105 Å². The molecular weight excluding hydrogens is 264 g/mol. The van der Waals surface area contributed by atoms with E-state index in [1.807, 2.05) is 0 Å². The van der Waals surface area contributed by atoms with Gasteiger partial charge in [-0.3, -0.25) is 4.79 Å². The summed E-state index contributed by atoms with van der Waals surface area (Å²) in [5.41, 5.74) is 0.0134. The van der Waals surface area contributed by atoms with Crippen LogP contribution in [0.15, 0.2) is 24.3 Å². The molecule has 1 aromatic carbocycles. The molecule has 0 bridgehead atoms. The lowest BCUT2D eigenvalue weighted by Crippen LogP contribution is -2.35. The number of carboxylic acids is 1. The Morgan fingerprint density at radius 2 is 1.70 bits per heavy atom. The van der Waals surface area contributed by atoms with Crippen molar-refractivity contribution in [3.05, 3.63) is 35.4 Å². The number of ether oxygens (including phenoxy) is 1. The third-order valence-electron chi connectivity index (χ3n) is 2.36. The maximum absolute atomic E-state index is 11.8. The van der Waals surface area contributed by atoms with E-state index in [4.69, 9.17) is 5.11 Å². The molecule has 0 aromatic heterocycles. The third-order valence-corrected chi connectivity index (χ3v) is 2.36. The van der Waals surface area contributed by atoms with Crippen molar-refractivity contribution >= 4 is 18.0 Å². The van der Waals surface area contributed by atoms with Gasteiger partial charge in [-0.2, -0.15) is 0 Å². The van der Waals surface area contributed by atoms with Crippen LogP contribution in [-0.2, 0) is 4.74 Å². The summed E-state index contributed by atoms with van der Waals surface area (Å²) in [6.07, 6.45) is -0.562. The Kier molecular flexibility index (Phi) is 6.02. The fourth-order valence-corrected chi connectivity index (χ4v) is 1.49. The summed E-state index contributed by atoms with van der Waals surface area (Å²) in [4.78, 5) is 33.8. The monoisotopic (exact) mass is 280 g/mol. The number of carbonyl (C=O) groups is 3. The maximum atomic E-state index is 11.8. The Hall–Kier alpha value is -2.57. The average molecular weight is 280 g/mol. The first kappa shape index (κ1) is 15.5. The van der Waals surface area contributed by atoms with Crippen molar-refractivity contribution in [2.75, 3.05) is 19.7 Å². The van der Waals surface area contributed by atoms with Crippen LogP contribution >= 0.6 is 0 Å². The Morgan fingerprint density at radius 3 is 2.30 bits per heavy atom. The summed E-state index contributed by atoms with van der Waals surface area (Å²) in [5, 5.41) is 13.9. The standard InChI is InChI=1S/C13H16N2O5/c1-2-20-13(19)15-8-7-14-11(16)9-5-3-4-6-10(9)12(17)18/h3-6H,2,7-8H2,1H3,(H,14,16)(H,15,19)(H,17,18). The highest BCUT2D eigenvalue weighted by molar-refractivity contribution is 6.04. The Bertz CT molecular complexity index is 501. The molecule has 7 heteroatoms. The van der Waals surface area contributed by atoms with E-state index in [9.17, 15) is 14.4 Å². The van der Waals surface area contributed by atoms with Crippen molar-refractivity contribution in [2.24, 2.45) is 0 Å². The van der Waals surface area contributed by atoms with E-state index in [0.29, 0.717) is 0 Å². The molecule has 0 heterocycles. The Morgan fingerprint density at radius 1 is 1.10 bits per heavy atom. The van der Waals surface area contributed by atoms with E-state index in [2.05, 4.69) is 15.4 Å². The van der Waals surface area contributed by atoms with Crippen molar-refractivity contribution in [3.8, 4) is 0 Å². The van der Waals surface area contributed by atoms with Crippen molar-refractivity contribution in [1.82, 2.24) is 10.6 Å². The lowest BCUT2D eigenvalue weighted by Gasteiger charge is -2.08. The lowest BCUT2D eigenvalue weighted by molar-refractivity contribution is 0.0691. The van der Waals surface area contributed by atoms with Gasteiger partial charge < -0.3 is 20.5 Å². The van der Waals surface area contributed by atoms with Gasteiger partial charge in [-0.15, -0.1) is 0 Å². The van der Waals surface area contributed by atoms with E-state index in [1.54, 1.807) is 19.1 Å². The number of hydrogen-bond acceptors (Lipinski definition) is 4. The minimum atomic E-state index is -1.17. The van der Waals surface area contributed by atoms with Crippen molar-refractivity contribution < 1.29 is 24.2 Å². The Labute approximate surface area is 115 Å². The number of alkyl carbamates (subject to hydrolysis) is 1. The number of hydrogen-bond donors (Lipinski definition) is 3. The summed E-state index contributed by atoms with van der Waals surface area (Å²) >= 11 is 0. The smallest absolute Gasteiger partial charge is 0.407 e. The molecule has 0 saturated carbocycles. The second-order valence-electron chi connectivity index (χ2n) is 3.75. The first-order chi connectivity index (χ1) is 9.56. The van der Waals surface area contributed by atoms with Gasteiger partial charge in [-0.05, 0) is 19.1 Å². The first-order valence-electron chi connectivity index (χ1n) is 6.07. The van der Waals surface area contributed by atoms with Gasteiger partial charge in [0.1, 0.15) is 0 Å². The number of amides is 2. The fourth-order valence-electron chi connectivity index (χ4n) is 1.49. The number of benzene rings is 1. The fraction of sp³-hybridized carbons (Fsp3) is 0.308. The molecule has 0 radical (unpaired) electrons. The van der Waals surface area contributed by atoms with Gasteiger partial charge in [0.15, 0.2) is 0 Å². The molecule has 1 aromatic rings. The van der Waals surface area contributed by atoms with Crippen LogP contribution in [0.25, 0.3) is 0 Å². The van der Waals surface area contributed by atoms with Crippen LogP contribution in [0.5, 0.6) is 0 Å². The molecule has 0 aliphatic rings. The number of carbonyl (C=O) groups excluding carboxylic acids is 2. The van der Waals surface area contributed by atoms with Gasteiger partial charge in [0.05, 0.1) is 17.7 Å². The zero-order chi connectivity index (χ0) is 15.0.